The number of amides is 1. The highest BCUT2D eigenvalue weighted by Crippen LogP contribution is 2.06. The Kier molecular flexibility index (Phi) is 4.73. The number of hydrogen-bond donors (Lipinski definition) is 1. The third-order valence-corrected chi connectivity index (χ3v) is 3.15. The molecular weight excluding hydrogens is 224 g/mol. The van der Waals surface area contributed by atoms with E-state index in [1.165, 1.54) is 0 Å². The first-order valence-electron chi connectivity index (χ1n) is 6.10. The first-order valence-corrected chi connectivity index (χ1v) is 6.10. The Bertz CT molecular complexity index is 256. The molecule has 0 saturated carbocycles. The summed E-state index contributed by atoms with van der Waals surface area (Å²) in [6, 6.07) is 0. The van der Waals surface area contributed by atoms with Crippen molar-refractivity contribution in [2.45, 2.75) is 6.10 Å². The van der Waals surface area contributed by atoms with Crippen LogP contribution in [0.15, 0.2) is 0 Å². The van der Waals surface area contributed by atoms with Gasteiger partial charge in [-0.1, -0.05) is 0 Å². The molecule has 1 unspecified atom stereocenters. The van der Waals surface area contributed by atoms with E-state index >= 15 is 0 Å². The molecule has 0 aromatic rings. The number of rotatable bonds is 3. The van der Waals surface area contributed by atoms with Gasteiger partial charge in [-0.25, -0.2) is 0 Å². The van der Waals surface area contributed by atoms with Gasteiger partial charge in [0.1, 0.15) is 0 Å². The maximum absolute atomic E-state index is 12.0. The van der Waals surface area contributed by atoms with Crippen molar-refractivity contribution in [2.24, 2.45) is 0 Å². The van der Waals surface area contributed by atoms with Crippen molar-refractivity contribution < 1.29 is 19.4 Å². The van der Waals surface area contributed by atoms with Crippen LogP contribution in [0.3, 0.4) is 0 Å². The van der Waals surface area contributed by atoms with E-state index in [4.69, 9.17) is 14.6 Å². The third kappa shape index (κ3) is 3.64. The summed E-state index contributed by atoms with van der Waals surface area (Å²) in [5, 5.41) is 9.03. The molecule has 0 aromatic carbocycles. The van der Waals surface area contributed by atoms with E-state index in [1.54, 1.807) is 0 Å². The summed E-state index contributed by atoms with van der Waals surface area (Å²) in [5.41, 5.74) is 0. The molecule has 1 amide bonds. The van der Waals surface area contributed by atoms with Crippen molar-refractivity contribution in [2.75, 3.05) is 59.2 Å². The highest BCUT2D eigenvalue weighted by atomic mass is 16.5. The van der Waals surface area contributed by atoms with Crippen LogP contribution >= 0.6 is 0 Å². The molecule has 98 valence electrons. The van der Waals surface area contributed by atoms with Gasteiger partial charge in [-0.3, -0.25) is 9.69 Å². The van der Waals surface area contributed by atoms with E-state index in [1.807, 2.05) is 9.80 Å². The van der Waals surface area contributed by atoms with Gasteiger partial charge >= 0.3 is 0 Å². The van der Waals surface area contributed by atoms with Crippen molar-refractivity contribution in [1.29, 1.82) is 0 Å². The van der Waals surface area contributed by atoms with Crippen LogP contribution in [-0.2, 0) is 14.3 Å². The fourth-order valence-electron chi connectivity index (χ4n) is 2.14. The zero-order valence-electron chi connectivity index (χ0n) is 10.0. The Morgan fingerprint density at radius 2 is 2.00 bits per heavy atom. The normalized spacial score (nSPS) is 27.1. The molecule has 0 aromatic heterocycles. The molecule has 0 spiro atoms. The van der Waals surface area contributed by atoms with Gasteiger partial charge in [0.2, 0.25) is 5.91 Å². The summed E-state index contributed by atoms with van der Waals surface area (Å²) >= 11 is 0. The van der Waals surface area contributed by atoms with Crippen LogP contribution in [0.25, 0.3) is 0 Å². The van der Waals surface area contributed by atoms with Gasteiger partial charge in [-0.05, 0) is 0 Å². The third-order valence-electron chi connectivity index (χ3n) is 3.15. The highest BCUT2D eigenvalue weighted by molar-refractivity contribution is 5.78. The highest BCUT2D eigenvalue weighted by Gasteiger charge is 2.24. The standard InChI is InChI=1S/C11H20N2O4/c14-9-10-7-12(1-6-17-10)8-11(15)13-2-4-16-5-3-13/h10,14H,1-9H2. The maximum Gasteiger partial charge on any atom is 0.236 e. The molecule has 2 aliphatic heterocycles. The number of aliphatic hydroxyl groups excluding tert-OH is 1. The van der Waals surface area contributed by atoms with Crippen molar-refractivity contribution >= 4 is 5.91 Å². The van der Waals surface area contributed by atoms with Gasteiger partial charge in [0, 0.05) is 26.2 Å². The van der Waals surface area contributed by atoms with Crippen LogP contribution in [0.1, 0.15) is 0 Å². The van der Waals surface area contributed by atoms with Gasteiger partial charge < -0.3 is 19.5 Å². The molecule has 1 atom stereocenters. The van der Waals surface area contributed by atoms with Crippen LogP contribution in [0.2, 0.25) is 0 Å². The molecular formula is C11H20N2O4. The van der Waals surface area contributed by atoms with Crippen LogP contribution in [0.5, 0.6) is 0 Å². The molecule has 2 aliphatic rings. The van der Waals surface area contributed by atoms with Gasteiger partial charge in [0.25, 0.3) is 0 Å². The number of aliphatic hydroxyl groups is 1. The van der Waals surface area contributed by atoms with Gasteiger partial charge in [0.05, 0.1) is 39.1 Å². The lowest BCUT2D eigenvalue weighted by Gasteiger charge is -2.34. The van der Waals surface area contributed by atoms with Crippen molar-refractivity contribution in [3.05, 3.63) is 0 Å². The molecule has 2 rings (SSSR count). The Labute approximate surface area is 101 Å². The minimum atomic E-state index is -0.152. The number of hydrogen-bond acceptors (Lipinski definition) is 5. The average molecular weight is 244 g/mol. The fraction of sp³-hybridized carbons (Fsp3) is 0.909. The molecule has 6 heteroatoms. The van der Waals surface area contributed by atoms with E-state index in [0.717, 1.165) is 6.54 Å². The SMILES string of the molecule is O=C(CN1CCOC(CO)C1)N1CCOCC1. The zero-order valence-corrected chi connectivity index (χ0v) is 10.0. The van der Waals surface area contributed by atoms with Crippen molar-refractivity contribution in [3.8, 4) is 0 Å². The Hall–Kier alpha value is -0.690. The second-order valence-corrected chi connectivity index (χ2v) is 4.40. The van der Waals surface area contributed by atoms with Gasteiger partial charge in [-0.2, -0.15) is 0 Å². The lowest BCUT2D eigenvalue weighted by Crippen LogP contribution is -2.50. The Morgan fingerprint density at radius 1 is 1.24 bits per heavy atom. The van der Waals surface area contributed by atoms with Gasteiger partial charge in [0.15, 0.2) is 0 Å². The second-order valence-electron chi connectivity index (χ2n) is 4.40. The monoisotopic (exact) mass is 244 g/mol. The van der Waals surface area contributed by atoms with E-state index in [0.29, 0.717) is 46.0 Å². The maximum atomic E-state index is 12.0. The van der Waals surface area contributed by atoms with Crippen LogP contribution in [-0.4, -0.2) is 86.1 Å². The van der Waals surface area contributed by atoms with E-state index in [-0.39, 0.29) is 18.6 Å². The predicted molar refractivity (Wildman–Crippen MR) is 60.7 cm³/mol. The van der Waals surface area contributed by atoms with Crippen LogP contribution < -0.4 is 0 Å². The largest absolute Gasteiger partial charge is 0.394 e. The van der Waals surface area contributed by atoms with Gasteiger partial charge in [-0.15, -0.1) is 0 Å². The molecule has 0 bridgehead atoms. The fourth-order valence-corrected chi connectivity index (χ4v) is 2.14. The van der Waals surface area contributed by atoms with Crippen molar-refractivity contribution in [3.63, 3.8) is 0 Å². The molecule has 17 heavy (non-hydrogen) atoms. The van der Waals surface area contributed by atoms with E-state index in [2.05, 4.69) is 0 Å². The van der Waals surface area contributed by atoms with Crippen LogP contribution in [0.4, 0.5) is 0 Å². The molecule has 0 aliphatic carbocycles. The molecule has 6 nitrogen and oxygen atoms in total. The number of nitrogens with zero attached hydrogens (tertiary/aromatic N) is 2. The summed E-state index contributed by atoms with van der Waals surface area (Å²) in [6.45, 7) is 5.05. The average Bonchev–Trinajstić information content (AvgIpc) is 2.40. The quantitative estimate of drug-likeness (QED) is 0.657. The number of ether oxygens (including phenoxy) is 2. The first-order chi connectivity index (χ1) is 8.29. The lowest BCUT2D eigenvalue weighted by atomic mass is 10.2. The topological polar surface area (TPSA) is 62.2 Å². The number of morpholine rings is 2. The van der Waals surface area contributed by atoms with E-state index < -0.39 is 0 Å². The minimum Gasteiger partial charge on any atom is -0.394 e. The number of carbonyl (C=O) groups excluding carboxylic acids is 1. The summed E-state index contributed by atoms with van der Waals surface area (Å²) < 4.78 is 10.6. The Balaban J connectivity index is 1.77. The Morgan fingerprint density at radius 3 is 2.71 bits per heavy atom. The van der Waals surface area contributed by atoms with Crippen molar-refractivity contribution in [1.82, 2.24) is 9.80 Å². The van der Waals surface area contributed by atoms with E-state index in [9.17, 15) is 4.79 Å². The smallest absolute Gasteiger partial charge is 0.236 e. The zero-order chi connectivity index (χ0) is 12.1. The molecule has 1 N–H and O–H groups in total. The lowest BCUT2D eigenvalue weighted by molar-refractivity contribution is -0.138. The molecule has 0 radical (unpaired) electrons. The molecule has 2 saturated heterocycles. The first kappa shape index (κ1) is 12.8. The summed E-state index contributed by atoms with van der Waals surface area (Å²) in [5.74, 6) is 0.145. The van der Waals surface area contributed by atoms with Crippen LogP contribution in [0, 0.1) is 0 Å². The summed E-state index contributed by atoms with van der Waals surface area (Å²) in [6.07, 6.45) is -0.152. The second kappa shape index (κ2) is 6.30. The summed E-state index contributed by atoms with van der Waals surface area (Å²) in [4.78, 5) is 15.9. The molecule has 2 fully saturated rings. The molecule has 2 heterocycles. The minimum absolute atomic E-state index is 0.0161. The predicted octanol–water partition coefficient (Wildman–Crippen LogP) is -1.46. The number of carbonyl (C=O) groups is 1. The summed E-state index contributed by atoms with van der Waals surface area (Å²) in [7, 11) is 0.